The molecule has 0 aromatic heterocycles. The number of nitrogens with one attached hydrogen (secondary N) is 1. The molecule has 1 aromatic carbocycles. The second-order valence-corrected chi connectivity index (χ2v) is 6.31. The second-order valence-electron chi connectivity index (χ2n) is 6.31. The van der Waals surface area contributed by atoms with E-state index in [-0.39, 0.29) is 6.10 Å². The number of ether oxygens (including phenoxy) is 1. The minimum atomic E-state index is -1.11. The summed E-state index contributed by atoms with van der Waals surface area (Å²) >= 11 is 0. The summed E-state index contributed by atoms with van der Waals surface area (Å²) < 4.78 is 5.47. The molecule has 0 saturated carbocycles. The number of carbonyl (C=O) groups excluding carboxylic acids is 3. The largest absolute Gasteiger partial charge is 0.376 e. The quantitative estimate of drug-likeness (QED) is 0.666. The number of benzene rings is 1. The number of imide groups is 2. The summed E-state index contributed by atoms with van der Waals surface area (Å²) in [5.74, 6) is -2.34. The van der Waals surface area contributed by atoms with Crippen molar-refractivity contribution in [1.82, 2.24) is 5.32 Å². The Bertz CT molecular complexity index is 738. The molecular weight excluding hydrogens is 322 g/mol. The summed E-state index contributed by atoms with van der Waals surface area (Å²) in [4.78, 5) is 42.3. The molecule has 2 saturated heterocycles. The van der Waals surface area contributed by atoms with Crippen molar-refractivity contribution in [3.8, 4) is 0 Å². The highest BCUT2D eigenvalue weighted by Gasteiger charge is 2.41. The Labute approximate surface area is 146 Å². The molecule has 1 aromatic rings. The first-order valence-corrected chi connectivity index (χ1v) is 8.35. The standard InChI is InChI=1S/C18H21N3O4/c1-11-5-3-7-15(12(11)2)21-17(23)14(16(22)20-18(21)24)10-19-9-13-6-4-8-25-13/h3,5,7,10,13-14H,4,6,8-9H2,1-2H3,(H,20,22,24)/t13-,14+/m0/s1. The van der Waals surface area contributed by atoms with Crippen molar-refractivity contribution in [3.63, 3.8) is 0 Å². The van der Waals surface area contributed by atoms with Crippen LogP contribution < -0.4 is 10.2 Å². The van der Waals surface area contributed by atoms with Gasteiger partial charge in [0.1, 0.15) is 0 Å². The fraction of sp³-hybridized carbons (Fsp3) is 0.444. The lowest BCUT2D eigenvalue weighted by molar-refractivity contribution is -0.131. The van der Waals surface area contributed by atoms with Crippen LogP contribution in [0.25, 0.3) is 0 Å². The van der Waals surface area contributed by atoms with Crippen LogP contribution in [0.1, 0.15) is 24.0 Å². The minimum absolute atomic E-state index is 0.0368. The number of rotatable bonds is 4. The van der Waals surface area contributed by atoms with Crippen LogP contribution in [0.4, 0.5) is 10.5 Å². The van der Waals surface area contributed by atoms with E-state index < -0.39 is 23.8 Å². The molecular formula is C18H21N3O4. The highest BCUT2D eigenvalue weighted by Crippen LogP contribution is 2.26. The maximum atomic E-state index is 12.8. The summed E-state index contributed by atoms with van der Waals surface area (Å²) in [6, 6.07) is 4.63. The van der Waals surface area contributed by atoms with E-state index in [1.165, 1.54) is 6.21 Å². The lowest BCUT2D eigenvalue weighted by atomic mass is 10.0. The smallest absolute Gasteiger partial charge is 0.335 e. The molecule has 132 valence electrons. The van der Waals surface area contributed by atoms with Gasteiger partial charge in [-0.3, -0.25) is 19.9 Å². The van der Waals surface area contributed by atoms with Crippen LogP contribution in [0.5, 0.6) is 0 Å². The maximum Gasteiger partial charge on any atom is 0.335 e. The van der Waals surface area contributed by atoms with Gasteiger partial charge in [-0.15, -0.1) is 0 Å². The number of barbiturate groups is 1. The number of aliphatic imine (C=N–C) groups is 1. The Hall–Kier alpha value is -2.54. The van der Waals surface area contributed by atoms with E-state index in [1.807, 2.05) is 19.9 Å². The Balaban J connectivity index is 1.81. The molecule has 1 N–H and O–H groups in total. The molecule has 2 heterocycles. The molecule has 2 atom stereocenters. The van der Waals surface area contributed by atoms with Crippen molar-refractivity contribution in [1.29, 1.82) is 0 Å². The third-order valence-electron chi connectivity index (χ3n) is 4.61. The minimum Gasteiger partial charge on any atom is -0.376 e. The predicted molar refractivity (Wildman–Crippen MR) is 92.8 cm³/mol. The van der Waals surface area contributed by atoms with Gasteiger partial charge in [0.05, 0.1) is 18.3 Å². The molecule has 2 aliphatic rings. The number of aryl methyl sites for hydroxylation is 1. The van der Waals surface area contributed by atoms with Crippen molar-refractivity contribution in [3.05, 3.63) is 29.3 Å². The number of hydrogen-bond donors (Lipinski definition) is 1. The Morgan fingerprint density at radius 1 is 1.32 bits per heavy atom. The van der Waals surface area contributed by atoms with Gasteiger partial charge in [-0.2, -0.15) is 0 Å². The first kappa shape index (κ1) is 17.3. The van der Waals surface area contributed by atoms with Crippen molar-refractivity contribution < 1.29 is 19.1 Å². The van der Waals surface area contributed by atoms with Gasteiger partial charge in [0, 0.05) is 12.8 Å². The van der Waals surface area contributed by atoms with Crippen LogP contribution >= 0.6 is 0 Å². The number of nitrogens with zero attached hydrogens (tertiary/aromatic N) is 2. The van der Waals surface area contributed by atoms with Gasteiger partial charge in [0.2, 0.25) is 5.91 Å². The molecule has 0 radical (unpaired) electrons. The van der Waals surface area contributed by atoms with Gasteiger partial charge >= 0.3 is 6.03 Å². The van der Waals surface area contributed by atoms with E-state index >= 15 is 0 Å². The van der Waals surface area contributed by atoms with Gasteiger partial charge in [0.25, 0.3) is 5.91 Å². The van der Waals surface area contributed by atoms with E-state index in [0.717, 1.165) is 35.5 Å². The fourth-order valence-electron chi connectivity index (χ4n) is 3.00. The monoisotopic (exact) mass is 343 g/mol. The molecule has 7 heteroatoms. The average Bonchev–Trinajstić information content (AvgIpc) is 3.07. The first-order valence-electron chi connectivity index (χ1n) is 8.35. The number of hydrogen-bond acceptors (Lipinski definition) is 5. The maximum absolute atomic E-state index is 12.8. The summed E-state index contributed by atoms with van der Waals surface area (Å²) in [5.41, 5.74) is 2.25. The normalized spacial score (nSPS) is 24.2. The zero-order valence-corrected chi connectivity index (χ0v) is 14.3. The first-order chi connectivity index (χ1) is 12.0. The van der Waals surface area contributed by atoms with Crippen molar-refractivity contribution >= 4 is 29.7 Å². The Kier molecular flexibility index (Phi) is 4.94. The third-order valence-corrected chi connectivity index (χ3v) is 4.61. The van der Waals surface area contributed by atoms with E-state index in [1.54, 1.807) is 12.1 Å². The summed E-state index contributed by atoms with van der Waals surface area (Å²) in [5, 5.41) is 2.24. The van der Waals surface area contributed by atoms with Crippen molar-refractivity contribution in [2.45, 2.75) is 32.8 Å². The SMILES string of the molecule is Cc1cccc(N2C(=O)NC(=O)[C@@H](C=NC[C@@H]3CCCO3)C2=O)c1C. The second kappa shape index (κ2) is 7.14. The van der Waals surface area contributed by atoms with E-state index in [9.17, 15) is 14.4 Å². The van der Waals surface area contributed by atoms with E-state index in [0.29, 0.717) is 12.2 Å². The average molecular weight is 343 g/mol. The van der Waals surface area contributed by atoms with Crippen LogP contribution in [0.3, 0.4) is 0 Å². The number of anilines is 1. The molecule has 0 bridgehead atoms. The number of urea groups is 1. The van der Waals surface area contributed by atoms with Gasteiger partial charge in [-0.05, 0) is 43.9 Å². The van der Waals surface area contributed by atoms with Gasteiger partial charge < -0.3 is 4.74 Å². The molecule has 2 aliphatic heterocycles. The predicted octanol–water partition coefficient (Wildman–Crippen LogP) is 1.75. The zero-order valence-electron chi connectivity index (χ0n) is 14.3. The van der Waals surface area contributed by atoms with E-state index in [2.05, 4.69) is 10.3 Å². The van der Waals surface area contributed by atoms with Gasteiger partial charge in [0.15, 0.2) is 5.92 Å². The molecule has 3 rings (SSSR count). The Morgan fingerprint density at radius 2 is 2.12 bits per heavy atom. The summed E-state index contributed by atoms with van der Waals surface area (Å²) in [6.07, 6.45) is 3.28. The highest BCUT2D eigenvalue weighted by atomic mass is 16.5. The molecule has 0 aliphatic carbocycles. The van der Waals surface area contributed by atoms with Crippen LogP contribution in [0.2, 0.25) is 0 Å². The molecule has 25 heavy (non-hydrogen) atoms. The van der Waals surface area contributed by atoms with Crippen LogP contribution in [0.15, 0.2) is 23.2 Å². The van der Waals surface area contributed by atoms with Crippen molar-refractivity contribution in [2.75, 3.05) is 18.1 Å². The molecule has 7 nitrogen and oxygen atoms in total. The fourth-order valence-corrected chi connectivity index (χ4v) is 3.00. The van der Waals surface area contributed by atoms with Gasteiger partial charge in [-0.25, -0.2) is 9.69 Å². The molecule has 2 fully saturated rings. The van der Waals surface area contributed by atoms with Gasteiger partial charge in [-0.1, -0.05) is 12.1 Å². The topological polar surface area (TPSA) is 88.1 Å². The molecule has 0 unspecified atom stereocenters. The van der Waals surface area contributed by atoms with E-state index in [4.69, 9.17) is 4.74 Å². The number of amides is 4. The molecule has 4 amide bonds. The van der Waals surface area contributed by atoms with Crippen LogP contribution in [-0.2, 0) is 14.3 Å². The third kappa shape index (κ3) is 3.46. The lowest BCUT2D eigenvalue weighted by Gasteiger charge is -2.29. The lowest BCUT2D eigenvalue weighted by Crippen LogP contribution is -2.58. The highest BCUT2D eigenvalue weighted by molar-refractivity contribution is 6.32. The van der Waals surface area contributed by atoms with Crippen molar-refractivity contribution in [2.24, 2.45) is 10.9 Å². The zero-order chi connectivity index (χ0) is 18.0. The number of carbonyl (C=O) groups is 3. The molecule has 0 spiro atoms. The van der Waals surface area contributed by atoms with Crippen LogP contribution in [0, 0.1) is 19.8 Å². The van der Waals surface area contributed by atoms with Crippen LogP contribution in [-0.4, -0.2) is 43.3 Å². The summed E-state index contributed by atoms with van der Waals surface area (Å²) in [6.45, 7) is 4.87. The summed E-state index contributed by atoms with van der Waals surface area (Å²) in [7, 11) is 0. The Morgan fingerprint density at radius 3 is 2.84 bits per heavy atom.